The monoisotopic (exact) mass is 338 g/mol. The summed E-state index contributed by atoms with van der Waals surface area (Å²) in [6, 6.07) is 5.59. The molecule has 0 atom stereocenters. The van der Waals surface area contributed by atoms with E-state index in [1.165, 1.54) is 6.07 Å². The van der Waals surface area contributed by atoms with E-state index in [-0.39, 0.29) is 17.8 Å². The Labute approximate surface area is 144 Å². The molecule has 0 amide bonds. The number of hydrogen-bond donors (Lipinski definition) is 1. The highest BCUT2D eigenvalue weighted by atomic mass is 19.1. The normalized spacial score (nSPS) is 11.9. The Morgan fingerprint density at radius 3 is 2.64 bits per heavy atom. The van der Waals surface area contributed by atoms with Gasteiger partial charge in [-0.15, -0.1) is 5.10 Å². The number of nitrogens with zero attached hydrogens (tertiary/aromatic N) is 5. The van der Waals surface area contributed by atoms with Crippen molar-refractivity contribution in [2.45, 2.75) is 33.7 Å². The largest absolute Gasteiger partial charge is 0.367 e. The van der Waals surface area contributed by atoms with Crippen LogP contribution >= 0.6 is 0 Å². The molecule has 0 spiro atoms. The van der Waals surface area contributed by atoms with Gasteiger partial charge in [-0.1, -0.05) is 0 Å². The molecule has 3 aromatic heterocycles. The van der Waals surface area contributed by atoms with Gasteiger partial charge in [-0.3, -0.25) is 0 Å². The van der Waals surface area contributed by atoms with Gasteiger partial charge >= 0.3 is 0 Å². The molecule has 0 aliphatic rings. The summed E-state index contributed by atoms with van der Waals surface area (Å²) < 4.78 is 18.5. The number of aryl methyl sites for hydroxylation is 2. The van der Waals surface area contributed by atoms with E-state index in [0.717, 1.165) is 33.7 Å². The van der Waals surface area contributed by atoms with Crippen molar-refractivity contribution >= 4 is 22.5 Å². The van der Waals surface area contributed by atoms with Crippen molar-refractivity contribution in [1.29, 1.82) is 0 Å². The van der Waals surface area contributed by atoms with Gasteiger partial charge < -0.3 is 10.3 Å². The summed E-state index contributed by atoms with van der Waals surface area (Å²) in [6.07, 6.45) is 1.81. The van der Waals surface area contributed by atoms with Gasteiger partial charge in [0.25, 0.3) is 0 Å². The lowest BCUT2D eigenvalue weighted by Gasteiger charge is -2.11. The number of rotatable bonds is 2. The Morgan fingerprint density at radius 1 is 1.16 bits per heavy atom. The number of imidazole rings is 1. The molecule has 25 heavy (non-hydrogen) atoms. The molecule has 4 aromatic rings. The number of fused-ring (bicyclic) bond motifs is 2. The summed E-state index contributed by atoms with van der Waals surface area (Å²) in [6.45, 7) is 7.89. The van der Waals surface area contributed by atoms with Crippen LogP contribution in [0.4, 0.5) is 10.3 Å². The van der Waals surface area contributed by atoms with E-state index in [4.69, 9.17) is 5.73 Å². The summed E-state index contributed by atoms with van der Waals surface area (Å²) in [4.78, 5) is 8.62. The zero-order valence-corrected chi connectivity index (χ0v) is 14.6. The van der Waals surface area contributed by atoms with E-state index in [2.05, 4.69) is 28.9 Å². The molecule has 0 fully saturated rings. The van der Waals surface area contributed by atoms with Crippen molar-refractivity contribution in [2.24, 2.45) is 0 Å². The van der Waals surface area contributed by atoms with Gasteiger partial charge in [0.15, 0.2) is 5.82 Å². The third-order valence-electron chi connectivity index (χ3n) is 4.45. The summed E-state index contributed by atoms with van der Waals surface area (Å²) >= 11 is 0. The molecule has 4 rings (SSSR count). The van der Waals surface area contributed by atoms with E-state index in [9.17, 15) is 4.39 Å². The van der Waals surface area contributed by atoms with Gasteiger partial charge in [0, 0.05) is 17.8 Å². The van der Waals surface area contributed by atoms with E-state index in [1.54, 1.807) is 4.52 Å². The quantitative estimate of drug-likeness (QED) is 0.605. The van der Waals surface area contributed by atoms with E-state index in [0.29, 0.717) is 5.52 Å². The first-order chi connectivity index (χ1) is 11.9. The second-order valence-electron chi connectivity index (χ2n) is 6.53. The minimum atomic E-state index is -0.330. The fourth-order valence-corrected chi connectivity index (χ4v) is 3.53. The Hall–Kier alpha value is -2.96. The average molecular weight is 338 g/mol. The Morgan fingerprint density at radius 2 is 1.92 bits per heavy atom. The van der Waals surface area contributed by atoms with Gasteiger partial charge in [0.2, 0.25) is 5.95 Å². The van der Waals surface area contributed by atoms with Crippen molar-refractivity contribution in [3.8, 4) is 11.1 Å². The number of hydrogen-bond acceptors (Lipinski definition) is 4. The predicted molar refractivity (Wildman–Crippen MR) is 95.9 cm³/mol. The number of aromatic nitrogens is 5. The maximum absolute atomic E-state index is 14.7. The van der Waals surface area contributed by atoms with Crippen LogP contribution in [0.3, 0.4) is 0 Å². The van der Waals surface area contributed by atoms with E-state index < -0.39 is 0 Å². The van der Waals surface area contributed by atoms with Crippen LogP contribution in [0.1, 0.15) is 31.4 Å². The molecule has 0 aliphatic carbocycles. The van der Waals surface area contributed by atoms with Crippen LogP contribution in [-0.2, 0) is 0 Å². The smallest absolute Gasteiger partial charge is 0.238 e. The van der Waals surface area contributed by atoms with Gasteiger partial charge in [-0.05, 0) is 51.5 Å². The SMILES string of the molecule is Cc1nc(N)nn2ccc(-c3cc(F)c4nc(C)n(C(C)C)c4c3)c12. The second-order valence-corrected chi connectivity index (χ2v) is 6.53. The summed E-state index contributed by atoms with van der Waals surface area (Å²) in [5, 5.41) is 4.19. The molecular formula is C18H19FN6. The molecule has 0 saturated heterocycles. The third-order valence-corrected chi connectivity index (χ3v) is 4.45. The van der Waals surface area contributed by atoms with Crippen LogP contribution in [0.15, 0.2) is 24.4 Å². The molecular weight excluding hydrogens is 319 g/mol. The molecule has 0 saturated carbocycles. The van der Waals surface area contributed by atoms with Crippen molar-refractivity contribution in [3.05, 3.63) is 41.7 Å². The van der Waals surface area contributed by atoms with Crippen LogP contribution < -0.4 is 5.73 Å². The number of halogens is 1. The van der Waals surface area contributed by atoms with Crippen molar-refractivity contribution in [2.75, 3.05) is 5.73 Å². The van der Waals surface area contributed by atoms with Crippen molar-refractivity contribution < 1.29 is 4.39 Å². The van der Waals surface area contributed by atoms with Gasteiger partial charge in [0.1, 0.15) is 11.3 Å². The van der Waals surface area contributed by atoms with Gasteiger partial charge in [-0.25, -0.2) is 18.9 Å². The number of anilines is 1. The average Bonchev–Trinajstić information content (AvgIpc) is 3.07. The minimum absolute atomic E-state index is 0.190. The standard InChI is InChI=1S/C18H19FN6/c1-9(2)25-11(4)22-16-14(19)7-12(8-15(16)25)13-5-6-24-17(13)10(3)21-18(20)23-24/h5-9H,1-4H3,(H2,20,23). The first kappa shape index (κ1) is 15.6. The summed E-state index contributed by atoms with van der Waals surface area (Å²) in [5.41, 5.74) is 10.1. The lowest BCUT2D eigenvalue weighted by Crippen LogP contribution is -2.03. The molecule has 7 heteroatoms. The highest BCUT2D eigenvalue weighted by molar-refractivity contribution is 5.89. The van der Waals surface area contributed by atoms with Gasteiger partial charge in [0.05, 0.1) is 16.7 Å². The molecule has 6 nitrogen and oxygen atoms in total. The Bertz CT molecular complexity index is 1120. The van der Waals surface area contributed by atoms with Crippen LogP contribution in [0.2, 0.25) is 0 Å². The summed E-state index contributed by atoms with van der Waals surface area (Å²) in [7, 11) is 0. The van der Waals surface area contributed by atoms with Crippen molar-refractivity contribution in [3.63, 3.8) is 0 Å². The second kappa shape index (κ2) is 5.27. The van der Waals surface area contributed by atoms with Crippen LogP contribution in [0.5, 0.6) is 0 Å². The van der Waals surface area contributed by atoms with Crippen molar-refractivity contribution in [1.82, 2.24) is 24.1 Å². The predicted octanol–water partition coefficient (Wildman–Crippen LogP) is 3.67. The van der Waals surface area contributed by atoms with E-state index in [1.807, 2.05) is 36.7 Å². The highest BCUT2D eigenvalue weighted by Crippen LogP contribution is 2.32. The first-order valence-electron chi connectivity index (χ1n) is 8.16. The zero-order chi connectivity index (χ0) is 17.9. The van der Waals surface area contributed by atoms with E-state index >= 15 is 0 Å². The van der Waals surface area contributed by atoms with Gasteiger partial charge in [-0.2, -0.15) is 0 Å². The van der Waals surface area contributed by atoms with Crippen LogP contribution in [0, 0.1) is 19.7 Å². The Balaban J connectivity index is 2.04. The fourth-order valence-electron chi connectivity index (χ4n) is 3.53. The maximum Gasteiger partial charge on any atom is 0.238 e. The van der Waals surface area contributed by atoms with Crippen LogP contribution in [0.25, 0.3) is 27.7 Å². The molecule has 128 valence electrons. The zero-order valence-electron chi connectivity index (χ0n) is 14.6. The lowest BCUT2D eigenvalue weighted by molar-refractivity contribution is 0.600. The Kier molecular flexibility index (Phi) is 3.28. The topological polar surface area (TPSA) is 74.0 Å². The third kappa shape index (κ3) is 2.26. The summed E-state index contributed by atoms with van der Waals surface area (Å²) in [5.74, 6) is 0.681. The molecule has 3 heterocycles. The minimum Gasteiger partial charge on any atom is -0.367 e. The maximum atomic E-state index is 14.7. The first-order valence-corrected chi connectivity index (χ1v) is 8.16. The molecule has 1 aromatic carbocycles. The lowest BCUT2D eigenvalue weighted by atomic mass is 10.1. The molecule has 0 radical (unpaired) electrons. The van der Waals surface area contributed by atoms with Crippen LogP contribution in [-0.4, -0.2) is 24.1 Å². The number of nitrogen functional groups attached to an aromatic ring is 1. The fraction of sp³-hybridized carbons (Fsp3) is 0.278. The molecule has 0 unspecified atom stereocenters. The molecule has 0 bridgehead atoms. The highest BCUT2D eigenvalue weighted by Gasteiger charge is 2.18. The number of nitrogens with two attached hydrogens (primary N) is 1. The molecule has 2 N–H and O–H groups in total. The number of benzene rings is 1. The molecule has 0 aliphatic heterocycles.